The second-order valence-electron chi connectivity index (χ2n) is 5.23. The van der Waals surface area contributed by atoms with Crippen molar-refractivity contribution in [3.63, 3.8) is 0 Å². The molecule has 0 saturated carbocycles. The minimum absolute atomic E-state index is 0.130. The van der Waals surface area contributed by atoms with Crippen LogP contribution in [0.15, 0.2) is 18.2 Å². The highest BCUT2D eigenvalue weighted by Gasteiger charge is 2.38. The van der Waals surface area contributed by atoms with Gasteiger partial charge in [-0.2, -0.15) is 4.31 Å². The molecule has 1 aliphatic rings. The lowest BCUT2D eigenvalue weighted by Crippen LogP contribution is -2.41. The fourth-order valence-corrected chi connectivity index (χ4v) is 4.64. The minimum atomic E-state index is -3.60. The van der Waals surface area contributed by atoms with E-state index in [0.29, 0.717) is 19.4 Å². The fraction of sp³-hybridized carbons (Fsp3) is 0.500. The van der Waals surface area contributed by atoms with E-state index in [-0.39, 0.29) is 5.75 Å². The van der Waals surface area contributed by atoms with Crippen LogP contribution in [0.2, 0.25) is 0 Å². The zero-order valence-electron chi connectivity index (χ0n) is 11.7. The standard InChI is InChI=1S/C14H19NO4S/c1-10-5-3-6-11(2)12(10)9-20(18,19)15-8-4-7-13(15)14(16)17/h3,5-6,13H,4,7-9H2,1-2H3,(H,16,17). The van der Waals surface area contributed by atoms with Gasteiger partial charge in [-0.25, -0.2) is 8.42 Å². The molecule has 1 aliphatic heterocycles. The molecule has 1 saturated heterocycles. The first-order chi connectivity index (χ1) is 9.33. The molecule has 0 amide bonds. The molecule has 1 aromatic rings. The molecule has 2 rings (SSSR count). The molecule has 0 aliphatic carbocycles. The van der Waals surface area contributed by atoms with Gasteiger partial charge in [0.15, 0.2) is 0 Å². The van der Waals surface area contributed by atoms with Gasteiger partial charge in [0, 0.05) is 6.54 Å². The van der Waals surface area contributed by atoms with Gasteiger partial charge >= 0.3 is 5.97 Å². The highest BCUT2D eigenvalue weighted by Crippen LogP contribution is 2.25. The molecule has 1 heterocycles. The molecule has 0 spiro atoms. The SMILES string of the molecule is Cc1cccc(C)c1CS(=O)(=O)N1CCCC1C(=O)O. The Morgan fingerprint density at radius 3 is 2.50 bits per heavy atom. The fourth-order valence-electron chi connectivity index (χ4n) is 2.66. The average Bonchev–Trinajstić information content (AvgIpc) is 2.84. The van der Waals surface area contributed by atoms with Crippen LogP contribution < -0.4 is 0 Å². The average molecular weight is 297 g/mol. The van der Waals surface area contributed by atoms with Crippen LogP contribution in [0, 0.1) is 13.8 Å². The predicted molar refractivity (Wildman–Crippen MR) is 75.9 cm³/mol. The van der Waals surface area contributed by atoms with E-state index in [1.165, 1.54) is 0 Å². The van der Waals surface area contributed by atoms with E-state index in [2.05, 4.69) is 0 Å². The van der Waals surface area contributed by atoms with Crippen LogP contribution in [0.4, 0.5) is 0 Å². The molecule has 1 N–H and O–H groups in total. The van der Waals surface area contributed by atoms with Crippen molar-refractivity contribution in [2.24, 2.45) is 0 Å². The predicted octanol–water partition coefficient (Wildman–Crippen LogP) is 1.68. The molecule has 1 atom stereocenters. The van der Waals surface area contributed by atoms with Crippen LogP contribution in [0.1, 0.15) is 29.5 Å². The number of sulfonamides is 1. The largest absolute Gasteiger partial charge is 0.480 e. The maximum Gasteiger partial charge on any atom is 0.322 e. The normalized spacial score (nSPS) is 20.2. The molecule has 0 bridgehead atoms. The van der Waals surface area contributed by atoms with Crippen LogP contribution in [0.3, 0.4) is 0 Å². The summed E-state index contributed by atoms with van der Waals surface area (Å²) in [6, 6.07) is 4.72. The molecular formula is C14H19NO4S. The third-order valence-electron chi connectivity index (χ3n) is 3.82. The van der Waals surface area contributed by atoms with Gasteiger partial charge in [0.1, 0.15) is 6.04 Å². The first-order valence-corrected chi connectivity index (χ1v) is 8.21. The lowest BCUT2D eigenvalue weighted by molar-refractivity contribution is -0.140. The number of carboxylic acids is 1. The van der Waals surface area contributed by atoms with Crippen molar-refractivity contribution in [2.75, 3.05) is 6.54 Å². The van der Waals surface area contributed by atoms with Crippen molar-refractivity contribution < 1.29 is 18.3 Å². The van der Waals surface area contributed by atoms with Gasteiger partial charge in [-0.1, -0.05) is 18.2 Å². The van der Waals surface area contributed by atoms with Gasteiger partial charge in [0.25, 0.3) is 0 Å². The third-order valence-corrected chi connectivity index (χ3v) is 5.62. The smallest absolute Gasteiger partial charge is 0.322 e. The number of hydrogen-bond acceptors (Lipinski definition) is 3. The van der Waals surface area contributed by atoms with Crippen molar-refractivity contribution in [3.05, 3.63) is 34.9 Å². The maximum absolute atomic E-state index is 12.5. The Morgan fingerprint density at radius 1 is 1.35 bits per heavy atom. The van der Waals surface area contributed by atoms with Crippen LogP contribution >= 0.6 is 0 Å². The quantitative estimate of drug-likeness (QED) is 0.917. The van der Waals surface area contributed by atoms with Gasteiger partial charge in [-0.05, 0) is 43.4 Å². The summed E-state index contributed by atoms with van der Waals surface area (Å²) in [7, 11) is -3.60. The van der Waals surface area contributed by atoms with Crippen molar-refractivity contribution in [3.8, 4) is 0 Å². The van der Waals surface area contributed by atoms with Gasteiger partial charge in [0.2, 0.25) is 10.0 Å². The van der Waals surface area contributed by atoms with Crippen molar-refractivity contribution in [2.45, 2.75) is 38.5 Å². The van der Waals surface area contributed by atoms with Gasteiger partial charge in [0.05, 0.1) is 5.75 Å². The van der Waals surface area contributed by atoms with E-state index < -0.39 is 22.0 Å². The molecule has 6 heteroatoms. The summed E-state index contributed by atoms with van der Waals surface area (Å²) in [6.07, 6.45) is 0.990. The molecule has 0 aromatic heterocycles. The van der Waals surface area contributed by atoms with E-state index in [4.69, 9.17) is 5.11 Å². The third kappa shape index (κ3) is 2.86. The Morgan fingerprint density at radius 2 is 1.95 bits per heavy atom. The molecule has 110 valence electrons. The Balaban J connectivity index is 2.30. The lowest BCUT2D eigenvalue weighted by Gasteiger charge is -2.22. The summed E-state index contributed by atoms with van der Waals surface area (Å²) in [4.78, 5) is 11.1. The molecule has 1 unspecified atom stereocenters. The van der Waals surface area contributed by atoms with Gasteiger partial charge in [-0.15, -0.1) is 0 Å². The minimum Gasteiger partial charge on any atom is -0.480 e. The summed E-state index contributed by atoms with van der Waals surface area (Å²) in [5, 5.41) is 9.12. The first-order valence-electron chi connectivity index (χ1n) is 6.60. The number of nitrogens with zero attached hydrogens (tertiary/aromatic N) is 1. The Hall–Kier alpha value is -1.40. The van der Waals surface area contributed by atoms with Crippen molar-refractivity contribution in [1.29, 1.82) is 0 Å². The number of hydrogen-bond donors (Lipinski definition) is 1. The summed E-state index contributed by atoms with van der Waals surface area (Å²) in [5.41, 5.74) is 2.60. The monoisotopic (exact) mass is 297 g/mol. The van der Waals surface area contributed by atoms with Crippen LogP contribution in [-0.4, -0.2) is 36.4 Å². The summed E-state index contributed by atoms with van der Waals surface area (Å²) >= 11 is 0. The number of aryl methyl sites for hydroxylation is 2. The second-order valence-corrected chi connectivity index (χ2v) is 7.16. The maximum atomic E-state index is 12.5. The molecular weight excluding hydrogens is 278 g/mol. The van der Waals surface area contributed by atoms with E-state index in [9.17, 15) is 13.2 Å². The highest BCUT2D eigenvalue weighted by atomic mass is 32.2. The Kier molecular flexibility index (Phi) is 4.15. The molecule has 1 fully saturated rings. The zero-order valence-corrected chi connectivity index (χ0v) is 12.5. The Labute approximate surface area is 119 Å². The Bertz CT molecular complexity index is 604. The van der Waals surface area contributed by atoms with E-state index in [0.717, 1.165) is 21.0 Å². The first kappa shape index (κ1) is 15.0. The number of carbonyl (C=O) groups is 1. The molecule has 0 radical (unpaired) electrons. The second kappa shape index (κ2) is 5.54. The van der Waals surface area contributed by atoms with E-state index in [1.807, 2.05) is 32.0 Å². The summed E-state index contributed by atoms with van der Waals surface area (Å²) < 4.78 is 26.1. The number of carboxylic acid groups (broad SMARTS) is 1. The van der Waals surface area contributed by atoms with Crippen LogP contribution in [0.25, 0.3) is 0 Å². The molecule has 1 aromatic carbocycles. The molecule has 20 heavy (non-hydrogen) atoms. The van der Waals surface area contributed by atoms with Gasteiger partial charge in [-0.3, -0.25) is 4.79 Å². The highest BCUT2D eigenvalue weighted by molar-refractivity contribution is 7.88. The number of benzene rings is 1. The lowest BCUT2D eigenvalue weighted by atomic mass is 10.1. The van der Waals surface area contributed by atoms with Crippen molar-refractivity contribution >= 4 is 16.0 Å². The summed E-state index contributed by atoms with van der Waals surface area (Å²) in [6.45, 7) is 4.04. The van der Waals surface area contributed by atoms with E-state index >= 15 is 0 Å². The van der Waals surface area contributed by atoms with E-state index in [1.54, 1.807) is 0 Å². The number of aliphatic carboxylic acids is 1. The zero-order chi connectivity index (χ0) is 14.9. The summed E-state index contributed by atoms with van der Waals surface area (Å²) in [5.74, 6) is -1.19. The van der Waals surface area contributed by atoms with Crippen LogP contribution in [0.5, 0.6) is 0 Å². The van der Waals surface area contributed by atoms with Gasteiger partial charge < -0.3 is 5.11 Å². The van der Waals surface area contributed by atoms with Crippen LogP contribution in [-0.2, 0) is 20.6 Å². The topological polar surface area (TPSA) is 74.7 Å². The van der Waals surface area contributed by atoms with Crippen molar-refractivity contribution in [1.82, 2.24) is 4.31 Å². The number of rotatable bonds is 4. The molecule has 5 nitrogen and oxygen atoms in total.